The van der Waals surface area contributed by atoms with Crippen LogP contribution in [0.15, 0.2) is 0 Å². The van der Waals surface area contributed by atoms with Crippen LogP contribution in [-0.2, 0) is 42.7 Å². The normalized spacial score (nSPS) is 50.9. The molecule has 21 heteroatoms. The number of carbonyl (C=O) groups excluding carboxylic acids is 1. The van der Waals surface area contributed by atoms with Gasteiger partial charge in [-0.3, -0.25) is 4.79 Å². The van der Waals surface area contributed by atoms with Gasteiger partial charge < -0.3 is 94.6 Å². The van der Waals surface area contributed by atoms with Gasteiger partial charge in [0.25, 0.3) is 0 Å². The lowest BCUT2D eigenvalue weighted by Crippen LogP contribution is -2.69. The molecule has 4 rings (SSSR count). The number of nitrogens with one attached hydrogen (secondary N) is 1. The quantitative estimate of drug-likeness (QED) is 0.107. The maximum absolute atomic E-state index is 12.3. The minimum atomic E-state index is -2.18. The van der Waals surface area contributed by atoms with Crippen molar-refractivity contribution in [3.05, 3.63) is 0 Å². The van der Waals surface area contributed by atoms with Crippen molar-refractivity contribution in [3.63, 3.8) is 0 Å². The molecule has 4 aliphatic heterocycles. The number of hydrogen-bond acceptors (Lipinski definition) is 19. The second kappa shape index (κ2) is 15.4. The molecule has 4 fully saturated rings. The molecule has 0 aliphatic carbocycles. The second-order valence-electron chi connectivity index (χ2n) is 11.9. The molecule has 0 radical (unpaired) electrons. The van der Waals surface area contributed by atoms with Crippen LogP contribution in [0.2, 0.25) is 0 Å². The molecule has 20 atom stereocenters. The molecule has 0 saturated carbocycles. The zero-order valence-electron chi connectivity index (χ0n) is 25.3. The Labute approximate surface area is 266 Å². The first-order valence-electron chi connectivity index (χ1n) is 14.8. The van der Waals surface area contributed by atoms with Gasteiger partial charge in [0.2, 0.25) is 5.91 Å². The molecule has 0 bridgehead atoms. The minimum Gasteiger partial charge on any atom is -0.479 e. The maximum Gasteiger partial charge on any atom is 0.335 e. The number of ether oxygens (including phenoxy) is 7. The molecule has 1 amide bonds. The summed E-state index contributed by atoms with van der Waals surface area (Å²) in [6.07, 6.45) is -33.6. The molecule has 0 aromatic rings. The van der Waals surface area contributed by atoms with Gasteiger partial charge in [0, 0.05) is 6.92 Å². The summed E-state index contributed by atoms with van der Waals surface area (Å²) in [5, 5.41) is 117. The Hall–Kier alpha value is -1.74. The first-order valence-corrected chi connectivity index (χ1v) is 14.8. The number of amides is 1. The van der Waals surface area contributed by atoms with E-state index in [1.165, 1.54) is 13.8 Å². The fourth-order valence-electron chi connectivity index (χ4n) is 5.78. The summed E-state index contributed by atoms with van der Waals surface area (Å²) in [4.78, 5) is 24.1. The first-order chi connectivity index (χ1) is 22.0. The number of carboxylic acids is 1. The van der Waals surface area contributed by atoms with Gasteiger partial charge in [0.1, 0.15) is 79.3 Å². The van der Waals surface area contributed by atoms with E-state index in [0.717, 1.165) is 6.92 Å². The number of carbonyl (C=O) groups is 2. The number of aliphatic carboxylic acids is 1. The van der Waals surface area contributed by atoms with Crippen molar-refractivity contribution in [2.75, 3.05) is 6.61 Å². The van der Waals surface area contributed by atoms with E-state index in [4.69, 9.17) is 33.2 Å². The van der Waals surface area contributed by atoms with Crippen LogP contribution in [0.1, 0.15) is 20.8 Å². The van der Waals surface area contributed by atoms with Crippen LogP contribution in [0.4, 0.5) is 0 Å². The van der Waals surface area contributed by atoms with E-state index in [2.05, 4.69) is 5.32 Å². The van der Waals surface area contributed by atoms with Gasteiger partial charge in [0.05, 0.1) is 18.8 Å². The third-order valence-corrected chi connectivity index (χ3v) is 8.50. The van der Waals surface area contributed by atoms with E-state index in [1.807, 2.05) is 0 Å². The summed E-state index contributed by atoms with van der Waals surface area (Å²) >= 11 is 0. The van der Waals surface area contributed by atoms with Gasteiger partial charge in [-0.1, -0.05) is 0 Å². The fourth-order valence-corrected chi connectivity index (χ4v) is 5.78. The largest absolute Gasteiger partial charge is 0.479 e. The molecule has 0 aromatic carbocycles. The van der Waals surface area contributed by atoms with Crippen molar-refractivity contribution in [3.8, 4) is 0 Å². The summed E-state index contributed by atoms with van der Waals surface area (Å²) in [7, 11) is 0. The van der Waals surface area contributed by atoms with E-state index in [9.17, 15) is 65.8 Å². The van der Waals surface area contributed by atoms with Gasteiger partial charge in [-0.05, 0) is 13.8 Å². The number of rotatable bonds is 9. The van der Waals surface area contributed by atoms with Crippen LogP contribution in [0.3, 0.4) is 0 Å². The molecule has 47 heavy (non-hydrogen) atoms. The Morgan fingerprint density at radius 2 is 1.11 bits per heavy atom. The van der Waals surface area contributed by atoms with Gasteiger partial charge in [-0.25, -0.2) is 4.79 Å². The first kappa shape index (κ1) is 38.1. The summed E-state index contributed by atoms with van der Waals surface area (Å²) in [6.45, 7) is 2.92. The van der Waals surface area contributed by atoms with Crippen LogP contribution in [0.5, 0.6) is 0 Å². The van der Waals surface area contributed by atoms with Crippen molar-refractivity contribution >= 4 is 11.9 Å². The van der Waals surface area contributed by atoms with Crippen LogP contribution in [0.25, 0.3) is 0 Å². The van der Waals surface area contributed by atoms with E-state index < -0.39 is 141 Å². The Morgan fingerprint density at radius 3 is 1.68 bits per heavy atom. The highest BCUT2D eigenvalue weighted by molar-refractivity contribution is 5.74. The number of aliphatic hydroxyl groups excluding tert-OH is 10. The van der Waals surface area contributed by atoms with Crippen molar-refractivity contribution in [1.29, 1.82) is 0 Å². The second-order valence-corrected chi connectivity index (χ2v) is 11.9. The van der Waals surface area contributed by atoms with Crippen LogP contribution >= 0.6 is 0 Å². The van der Waals surface area contributed by atoms with Gasteiger partial charge >= 0.3 is 5.97 Å². The van der Waals surface area contributed by atoms with E-state index in [0.29, 0.717) is 0 Å². The van der Waals surface area contributed by atoms with Crippen LogP contribution in [-0.4, -0.2) is 197 Å². The zero-order valence-corrected chi connectivity index (χ0v) is 25.3. The predicted octanol–water partition coefficient (Wildman–Crippen LogP) is -7.46. The highest BCUT2D eigenvalue weighted by Gasteiger charge is 2.56. The van der Waals surface area contributed by atoms with Crippen molar-refractivity contribution < 1.29 is 98.9 Å². The Morgan fingerprint density at radius 1 is 0.617 bits per heavy atom. The number of carboxylic acid groups (broad SMARTS) is 1. The average molecular weight is 690 g/mol. The summed E-state index contributed by atoms with van der Waals surface area (Å²) in [5.74, 6) is -2.48. The maximum atomic E-state index is 12.3. The van der Waals surface area contributed by atoms with Crippen LogP contribution in [0, 0.1) is 0 Å². The molecular formula is C26H43NO20. The molecule has 4 aliphatic rings. The third kappa shape index (κ3) is 7.86. The Bertz CT molecular complexity index is 1070. The standard InChI is InChI=1S/C26H43NO20/c1-5-10(30)13(33)16(36)24(41-5)46-20-14(34)11(31)6(2)42-26(20)45-19-15(35)17(37)25(47-21(19)22(38)39)44-18-9(27-7(3)29)23(40)43-8(4-28)12(18)32/h5-6,8-21,23-26,28,30-37,40H,4H2,1-3H3,(H,27,29)(H,38,39)/t5-,6-,8+,9+,10-,11-,12-,13+,14+,15+,16+,17+,18+,19+,20+,21-,23?,24-,25+,26-/m0/s1. The van der Waals surface area contributed by atoms with Crippen molar-refractivity contribution in [2.45, 2.75) is 144 Å². The molecule has 21 nitrogen and oxygen atoms in total. The lowest BCUT2D eigenvalue weighted by Gasteiger charge is -2.49. The zero-order chi connectivity index (χ0) is 35.1. The SMILES string of the molecule is CC(=O)N[C@H]1C(O)O[C@H](CO)[C@H](O)[C@@H]1O[C@@H]1O[C@H](C(=O)O)[C@H](O[C@@H]2O[C@@H](C)[C@H](O)[C@@H](O)[C@H]2O[C@@H]2O[C@@H](C)[C@H](O)[C@@H](O)[C@H]2O)[C@H](O)[C@H]1O. The van der Waals surface area contributed by atoms with Crippen molar-refractivity contribution in [2.24, 2.45) is 0 Å². The van der Waals surface area contributed by atoms with Gasteiger partial charge in [-0.15, -0.1) is 0 Å². The molecule has 1 unspecified atom stereocenters. The third-order valence-electron chi connectivity index (χ3n) is 8.50. The van der Waals surface area contributed by atoms with E-state index in [-0.39, 0.29) is 0 Å². The van der Waals surface area contributed by atoms with Gasteiger partial charge in [-0.2, -0.15) is 0 Å². The topological polar surface area (TPSA) is 333 Å². The molecule has 0 spiro atoms. The lowest BCUT2D eigenvalue weighted by atomic mass is 9.95. The summed E-state index contributed by atoms with van der Waals surface area (Å²) in [5.41, 5.74) is 0. The number of aliphatic hydroxyl groups is 10. The molecular weight excluding hydrogens is 646 g/mol. The molecule has 4 saturated heterocycles. The van der Waals surface area contributed by atoms with Gasteiger partial charge in [0.15, 0.2) is 31.3 Å². The van der Waals surface area contributed by atoms with Crippen LogP contribution < -0.4 is 5.32 Å². The Kier molecular flexibility index (Phi) is 12.5. The molecule has 4 heterocycles. The van der Waals surface area contributed by atoms with E-state index in [1.54, 1.807) is 0 Å². The van der Waals surface area contributed by atoms with Crippen molar-refractivity contribution in [1.82, 2.24) is 5.32 Å². The predicted molar refractivity (Wildman–Crippen MR) is 143 cm³/mol. The highest BCUT2D eigenvalue weighted by atomic mass is 16.8. The fraction of sp³-hybridized carbons (Fsp3) is 0.923. The van der Waals surface area contributed by atoms with E-state index >= 15 is 0 Å². The average Bonchev–Trinajstić information content (AvgIpc) is 3.01. The lowest BCUT2D eigenvalue weighted by molar-refractivity contribution is -0.386. The summed E-state index contributed by atoms with van der Waals surface area (Å²) < 4.78 is 38.3. The molecule has 12 N–H and O–H groups in total. The Balaban J connectivity index is 1.56. The number of hydrogen-bond donors (Lipinski definition) is 12. The molecule has 272 valence electrons. The minimum absolute atomic E-state index is 0.708. The molecule has 0 aromatic heterocycles. The summed E-state index contributed by atoms with van der Waals surface area (Å²) in [6, 6.07) is -1.52. The monoisotopic (exact) mass is 689 g/mol. The smallest absolute Gasteiger partial charge is 0.335 e. The highest BCUT2D eigenvalue weighted by Crippen LogP contribution is 2.34.